The molecule has 0 aliphatic heterocycles. The lowest BCUT2D eigenvalue weighted by atomic mass is 10.1. The van der Waals surface area contributed by atoms with Gasteiger partial charge in [0.15, 0.2) is 0 Å². The molecule has 29 heavy (non-hydrogen) atoms. The molecule has 2 aromatic heterocycles. The van der Waals surface area contributed by atoms with Crippen molar-refractivity contribution in [1.29, 1.82) is 0 Å². The predicted molar refractivity (Wildman–Crippen MR) is 105 cm³/mol. The fourth-order valence-electron chi connectivity index (χ4n) is 2.86. The summed E-state index contributed by atoms with van der Waals surface area (Å²) < 4.78 is 24.6. The molecule has 0 saturated carbocycles. The number of H-pyrrole nitrogens is 1. The van der Waals surface area contributed by atoms with Crippen LogP contribution in [0, 0.1) is 5.82 Å². The molecule has 0 amide bonds. The Kier molecular flexibility index (Phi) is 4.94. The molecule has 9 nitrogen and oxygen atoms in total. The molecule has 4 rings (SSSR count). The number of methoxy groups -OCH3 is 1. The summed E-state index contributed by atoms with van der Waals surface area (Å²) in [6, 6.07) is 11.6. The predicted octanol–water partition coefficient (Wildman–Crippen LogP) is 2.41. The molecule has 0 bridgehead atoms. The quantitative estimate of drug-likeness (QED) is 0.335. The highest BCUT2D eigenvalue weighted by atomic mass is 19.1. The van der Waals surface area contributed by atoms with Crippen molar-refractivity contribution in [3.8, 4) is 11.4 Å². The Labute approximate surface area is 164 Å². The topological polar surface area (TPSA) is 132 Å². The number of ether oxygens (including phenoxy) is 1. The molecule has 5 N–H and O–H groups in total. The SMILES string of the molecule is COC/C(=C(/N)c1nc(-c2ccc3[nH]ncc3c2)no1)N(N)c1ccccc1F. The normalized spacial score (nSPS) is 12.2. The first-order valence-electron chi connectivity index (χ1n) is 8.63. The number of halogens is 1. The average Bonchev–Trinajstić information content (AvgIpc) is 3.40. The fraction of sp³-hybridized carbons (Fsp3) is 0.105. The third-order valence-electron chi connectivity index (χ3n) is 4.35. The summed E-state index contributed by atoms with van der Waals surface area (Å²) in [6.45, 7) is 0.00929. The van der Waals surface area contributed by atoms with Gasteiger partial charge < -0.3 is 15.0 Å². The van der Waals surface area contributed by atoms with Crippen LogP contribution in [-0.4, -0.2) is 34.1 Å². The van der Waals surface area contributed by atoms with Crippen LogP contribution < -0.4 is 16.6 Å². The molecular formula is C19H18FN7O2. The molecule has 2 heterocycles. The van der Waals surface area contributed by atoms with Gasteiger partial charge in [0.2, 0.25) is 5.82 Å². The summed E-state index contributed by atoms with van der Waals surface area (Å²) in [6.07, 6.45) is 1.70. The molecule has 0 saturated heterocycles. The minimum Gasteiger partial charge on any atom is -0.393 e. The molecular weight excluding hydrogens is 377 g/mol. The second-order valence-electron chi connectivity index (χ2n) is 6.21. The molecule has 4 aromatic rings. The van der Waals surface area contributed by atoms with Crippen molar-refractivity contribution in [2.75, 3.05) is 18.7 Å². The summed E-state index contributed by atoms with van der Waals surface area (Å²) in [4.78, 5) is 4.35. The maximum atomic E-state index is 14.1. The van der Waals surface area contributed by atoms with Gasteiger partial charge in [-0.3, -0.25) is 10.1 Å². The van der Waals surface area contributed by atoms with E-state index in [9.17, 15) is 4.39 Å². The summed E-state index contributed by atoms with van der Waals surface area (Å²) >= 11 is 0. The lowest BCUT2D eigenvalue weighted by Crippen LogP contribution is -2.35. The highest BCUT2D eigenvalue weighted by Crippen LogP contribution is 2.25. The van der Waals surface area contributed by atoms with Gasteiger partial charge in [-0.05, 0) is 30.3 Å². The number of aromatic amines is 1. The van der Waals surface area contributed by atoms with E-state index >= 15 is 0 Å². The Bertz CT molecular complexity index is 1180. The Morgan fingerprint density at radius 2 is 2.10 bits per heavy atom. The van der Waals surface area contributed by atoms with Gasteiger partial charge in [0.1, 0.15) is 11.5 Å². The summed E-state index contributed by atoms with van der Waals surface area (Å²) in [5.41, 5.74) is 8.34. The molecule has 0 spiro atoms. The van der Waals surface area contributed by atoms with Gasteiger partial charge in [0, 0.05) is 18.1 Å². The maximum absolute atomic E-state index is 14.1. The number of benzene rings is 2. The van der Waals surface area contributed by atoms with Gasteiger partial charge in [-0.2, -0.15) is 10.1 Å². The number of nitrogens with zero attached hydrogens (tertiary/aromatic N) is 4. The number of fused-ring (bicyclic) bond motifs is 1. The van der Waals surface area contributed by atoms with Crippen molar-refractivity contribution in [3.63, 3.8) is 0 Å². The first-order valence-corrected chi connectivity index (χ1v) is 8.63. The number of hydrogen-bond donors (Lipinski definition) is 3. The number of nitrogens with one attached hydrogen (secondary N) is 1. The van der Waals surface area contributed by atoms with E-state index in [-0.39, 0.29) is 29.6 Å². The number of anilines is 1. The van der Waals surface area contributed by atoms with E-state index in [1.807, 2.05) is 18.2 Å². The number of hydrazine groups is 1. The molecule has 0 unspecified atom stereocenters. The maximum Gasteiger partial charge on any atom is 0.276 e. The van der Waals surface area contributed by atoms with Gasteiger partial charge >= 0.3 is 0 Å². The third kappa shape index (κ3) is 3.53. The van der Waals surface area contributed by atoms with E-state index in [1.54, 1.807) is 18.3 Å². The molecule has 0 aliphatic rings. The van der Waals surface area contributed by atoms with Gasteiger partial charge in [-0.25, -0.2) is 10.2 Å². The zero-order valence-corrected chi connectivity index (χ0v) is 15.5. The molecule has 148 valence electrons. The Hall–Kier alpha value is -3.76. The van der Waals surface area contributed by atoms with Crippen molar-refractivity contribution < 1.29 is 13.7 Å². The van der Waals surface area contributed by atoms with Gasteiger partial charge in [0.25, 0.3) is 5.89 Å². The molecule has 0 atom stereocenters. The number of nitrogens with two attached hydrogens (primary N) is 2. The van der Waals surface area contributed by atoms with Gasteiger partial charge in [-0.15, -0.1) is 0 Å². The monoisotopic (exact) mass is 395 g/mol. The van der Waals surface area contributed by atoms with E-state index in [0.29, 0.717) is 5.82 Å². The first kappa shape index (κ1) is 18.6. The fourth-order valence-corrected chi connectivity index (χ4v) is 2.86. The average molecular weight is 395 g/mol. The zero-order chi connectivity index (χ0) is 20.4. The van der Waals surface area contributed by atoms with Crippen LogP contribution >= 0.6 is 0 Å². The molecule has 0 aliphatic carbocycles. The highest BCUT2D eigenvalue weighted by Gasteiger charge is 2.20. The van der Waals surface area contributed by atoms with Crippen molar-refractivity contribution in [2.45, 2.75) is 0 Å². The minimum atomic E-state index is -0.504. The first-order chi connectivity index (χ1) is 14.1. The van der Waals surface area contributed by atoms with Crippen molar-refractivity contribution >= 4 is 22.3 Å². The van der Waals surface area contributed by atoms with Crippen LogP contribution in [0.2, 0.25) is 0 Å². The molecule has 2 aromatic carbocycles. The summed E-state index contributed by atoms with van der Waals surface area (Å²) in [5.74, 6) is 6.00. The molecule has 0 fully saturated rings. The lowest BCUT2D eigenvalue weighted by Gasteiger charge is -2.23. The van der Waals surface area contributed by atoms with Crippen LogP contribution in [0.5, 0.6) is 0 Å². The number of hydrogen-bond acceptors (Lipinski definition) is 8. The van der Waals surface area contributed by atoms with Crippen molar-refractivity contribution in [2.24, 2.45) is 11.6 Å². The summed E-state index contributed by atoms with van der Waals surface area (Å²) in [7, 11) is 1.47. The van der Waals surface area contributed by atoms with Gasteiger partial charge in [0.05, 0.1) is 29.7 Å². The number of para-hydroxylation sites is 1. The van der Waals surface area contributed by atoms with Crippen molar-refractivity contribution in [1.82, 2.24) is 20.3 Å². The van der Waals surface area contributed by atoms with Gasteiger partial charge in [-0.1, -0.05) is 17.3 Å². The van der Waals surface area contributed by atoms with E-state index < -0.39 is 5.82 Å². The van der Waals surface area contributed by atoms with Crippen LogP contribution in [0.25, 0.3) is 28.0 Å². The Morgan fingerprint density at radius 3 is 2.90 bits per heavy atom. The number of rotatable bonds is 6. The van der Waals surface area contributed by atoms with Crippen LogP contribution in [-0.2, 0) is 4.74 Å². The van der Waals surface area contributed by atoms with E-state index in [4.69, 9.17) is 20.8 Å². The lowest BCUT2D eigenvalue weighted by molar-refractivity contribution is 0.223. The Morgan fingerprint density at radius 1 is 1.28 bits per heavy atom. The number of aromatic nitrogens is 4. The standard InChI is InChI=1S/C19H18FN7O2/c1-28-10-16(27(22)15-5-3-2-4-13(15)20)17(21)19-24-18(26-29-19)11-6-7-14-12(8-11)9-23-25-14/h2-9H,10,21-22H2,1H3,(H,23,25)/b17-16-. The summed E-state index contributed by atoms with van der Waals surface area (Å²) in [5, 5.41) is 12.9. The zero-order valence-electron chi connectivity index (χ0n) is 15.5. The van der Waals surface area contributed by atoms with Crippen LogP contribution in [0.15, 0.2) is 58.9 Å². The minimum absolute atomic E-state index is 0.00929. The van der Waals surface area contributed by atoms with Crippen LogP contribution in [0.1, 0.15) is 5.89 Å². The van der Waals surface area contributed by atoms with Crippen LogP contribution in [0.3, 0.4) is 0 Å². The van der Waals surface area contributed by atoms with E-state index in [2.05, 4.69) is 20.3 Å². The van der Waals surface area contributed by atoms with E-state index in [0.717, 1.165) is 21.5 Å². The van der Waals surface area contributed by atoms with E-state index in [1.165, 1.54) is 19.2 Å². The second kappa shape index (κ2) is 7.70. The van der Waals surface area contributed by atoms with Crippen LogP contribution in [0.4, 0.5) is 10.1 Å². The second-order valence-corrected chi connectivity index (χ2v) is 6.21. The van der Waals surface area contributed by atoms with Crippen molar-refractivity contribution in [3.05, 3.63) is 66.1 Å². The highest BCUT2D eigenvalue weighted by molar-refractivity contribution is 5.82. The smallest absolute Gasteiger partial charge is 0.276 e. The Balaban J connectivity index is 1.71. The largest absolute Gasteiger partial charge is 0.393 e. The third-order valence-corrected chi connectivity index (χ3v) is 4.35. The molecule has 10 heteroatoms. The molecule has 0 radical (unpaired) electrons.